The summed E-state index contributed by atoms with van der Waals surface area (Å²) in [7, 11) is 0. The monoisotopic (exact) mass is 360 g/mol. The first kappa shape index (κ1) is 22.7. The topological polar surface area (TPSA) is 55.1 Å². The maximum atomic E-state index is 11.3. The number of nitrogens with two attached hydrogens (primary N) is 1. The largest absolute Gasteiger partial charge is 0.370 e. The first-order valence-corrected chi connectivity index (χ1v) is 10.8. The van der Waals surface area contributed by atoms with Crippen LogP contribution in [-0.4, -0.2) is 11.9 Å². The Morgan fingerprint density at radius 3 is 1.96 bits per heavy atom. The van der Waals surface area contributed by atoms with E-state index in [4.69, 9.17) is 5.73 Å². The van der Waals surface area contributed by atoms with Gasteiger partial charge in [0.2, 0.25) is 5.91 Å². The summed E-state index contributed by atoms with van der Waals surface area (Å²) in [5.74, 6) is -0.210. The van der Waals surface area contributed by atoms with Crippen molar-refractivity contribution in [2.24, 2.45) is 5.73 Å². The Kier molecular flexibility index (Phi) is 13.8. The lowest BCUT2D eigenvalue weighted by atomic mass is 10.0. The van der Waals surface area contributed by atoms with Crippen molar-refractivity contribution < 1.29 is 4.79 Å². The van der Waals surface area contributed by atoms with Crippen LogP contribution in [0.2, 0.25) is 0 Å². The van der Waals surface area contributed by atoms with Crippen LogP contribution in [-0.2, 0) is 11.3 Å². The predicted octanol–water partition coefficient (Wildman–Crippen LogP) is 5.72. The van der Waals surface area contributed by atoms with Crippen molar-refractivity contribution in [2.45, 2.75) is 103 Å². The molecule has 0 spiro atoms. The van der Waals surface area contributed by atoms with Crippen molar-refractivity contribution in [1.82, 2.24) is 5.32 Å². The third-order valence-corrected chi connectivity index (χ3v) is 5.04. The van der Waals surface area contributed by atoms with Crippen LogP contribution in [0.25, 0.3) is 0 Å². The molecule has 0 saturated carbocycles. The molecule has 3 nitrogen and oxygen atoms in total. The molecule has 1 aromatic rings. The van der Waals surface area contributed by atoms with E-state index in [1.54, 1.807) is 0 Å². The van der Waals surface area contributed by atoms with Gasteiger partial charge >= 0.3 is 0 Å². The van der Waals surface area contributed by atoms with Gasteiger partial charge in [0.1, 0.15) is 0 Å². The number of rotatable bonds is 17. The first-order chi connectivity index (χ1) is 12.7. The van der Waals surface area contributed by atoms with E-state index in [2.05, 4.69) is 24.4 Å². The van der Waals surface area contributed by atoms with E-state index in [0.29, 0.717) is 6.42 Å². The highest BCUT2D eigenvalue weighted by molar-refractivity contribution is 5.74. The van der Waals surface area contributed by atoms with Gasteiger partial charge in [-0.2, -0.15) is 0 Å². The summed E-state index contributed by atoms with van der Waals surface area (Å²) in [6, 6.07) is 10.5. The molecule has 1 atom stereocenters. The molecule has 1 amide bonds. The molecule has 0 aromatic heterocycles. The molecule has 0 bridgehead atoms. The summed E-state index contributed by atoms with van der Waals surface area (Å²) in [6.07, 6.45) is 16.3. The van der Waals surface area contributed by atoms with Crippen LogP contribution in [0.4, 0.5) is 0 Å². The Labute approximate surface area is 161 Å². The number of amides is 1. The second-order valence-electron chi connectivity index (χ2n) is 7.56. The summed E-state index contributed by atoms with van der Waals surface area (Å²) in [6.45, 7) is 3.07. The molecule has 0 radical (unpaired) electrons. The smallest absolute Gasteiger partial charge is 0.218 e. The van der Waals surface area contributed by atoms with Gasteiger partial charge in [0.25, 0.3) is 0 Å². The van der Waals surface area contributed by atoms with Crippen LogP contribution in [0, 0.1) is 0 Å². The fourth-order valence-corrected chi connectivity index (χ4v) is 3.43. The number of carbonyl (C=O) groups is 1. The maximum Gasteiger partial charge on any atom is 0.218 e. The van der Waals surface area contributed by atoms with Crippen molar-refractivity contribution in [3.8, 4) is 0 Å². The summed E-state index contributed by atoms with van der Waals surface area (Å²) in [4.78, 5) is 11.3. The second kappa shape index (κ2) is 15.9. The van der Waals surface area contributed by atoms with E-state index in [9.17, 15) is 4.79 Å². The van der Waals surface area contributed by atoms with Gasteiger partial charge < -0.3 is 11.1 Å². The highest BCUT2D eigenvalue weighted by Gasteiger charge is 2.11. The van der Waals surface area contributed by atoms with Crippen molar-refractivity contribution >= 4 is 5.91 Å². The average molecular weight is 361 g/mol. The zero-order valence-corrected chi connectivity index (χ0v) is 16.8. The van der Waals surface area contributed by atoms with Gasteiger partial charge in [0.15, 0.2) is 0 Å². The Morgan fingerprint density at radius 1 is 0.885 bits per heavy atom. The van der Waals surface area contributed by atoms with Crippen molar-refractivity contribution in [3.05, 3.63) is 35.9 Å². The number of carbonyl (C=O) groups excluding carboxylic acids is 1. The molecule has 3 N–H and O–H groups in total. The quantitative estimate of drug-likeness (QED) is 0.349. The molecule has 0 aliphatic rings. The highest BCUT2D eigenvalue weighted by atomic mass is 16.1. The summed E-state index contributed by atoms with van der Waals surface area (Å²) in [5, 5.41) is 3.50. The van der Waals surface area contributed by atoms with Crippen molar-refractivity contribution in [3.63, 3.8) is 0 Å². The number of hydrogen-bond donors (Lipinski definition) is 2. The molecular formula is C23H40N2O. The summed E-state index contributed by atoms with van der Waals surface area (Å²) >= 11 is 0. The number of benzene rings is 1. The van der Waals surface area contributed by atoms with Gasteiger partial charge in [-0.05, 0) is 12.0 Å². The highest BCUT2D eigenvalue weighted by Crippen LogP contribution is 2.13. The fraction of sp³-hybridized carbons (Fsp3) is 0.696. The first-order valence-electron chi connectivity index (χ1n) is 10.8. The molecule has 26 heavy (non-hydrogen) atoms. The normalized spacial score (nSPS) is 12.2. The van der Waals surface area contributed by atoms with E-state index >= 15 is 0 Å². The van der Waals surface area contributed by atoms with Gasteiger partial charge in [0.05, 0.1) is 0 Å². The zero-order chi connectivity index (χ0) is 18.9. The molecule has 0 aliphatic heterocycles. The van der Waals surface area contributed by atoms with Crippen LogP contribution in [0.1, 0.15) is 96.0 Å². The van der Waals surface area contributed by atoms with Gasteiger partial charge in [-0.25, -0.2) is 0 Å². The molecule has 0 fully saturated rings. The van der Waals surface area contributed by atoms with E-state index in [0.717, 1.165) is 13.0 Å². The summed E-state index contributed by atoms with van der Waals surface area (Å²) in [5.41, 5.74) is 6.66. The van der Waals surface area contributed by atoms with Gasteiger partial charge in [-0.3, -0.25) is 4.79 Å². The van der Waals surface area contributed by atoms with Crippen LogP contribution in [0.3, 0.4) is 0 Å². The predicted molar refractivity (Wildman–Crippen MR) is 112 cm³/mol. The van der Waals surface area contributed by atoms with Crippen molar-refractivity contribution in [2.75, 3.05) is 0 Å². The molecule has 0 heterocycles. The third-order valence-electron chi connectivity index (χ3n) is 5.04. The lowest BCUT2D eigenvalue weighted by Gasteiger charge is -2.17. The Balaban J connectivity index is 2.05. The minimum Gasteiger partial charge on any atom is -0.370 e. The lowest BCUT2D eigenvalue weighted by molar-refractivity contribution is -0.118. The van der Waals surface area contributed by atoms with Crippen LogP contribution in [0.5, 0.6) is 0 Å². The average Bonchev–Trinajstić information content (AvgIpc) is 2.64. The molecule has 0 unspecified atom stereocenters. The molecular weight excluding hydrogens is 320 g/mol. The maximum absolute atomic E-state index is 11.3. The Bertz CT molecular complexity index is 447. The van der Waals surface area contributed by atoms with E-state index in [1.165, 1.54) is 76.2 Å². The lowest BCUT2D eigenvalue weighted by Crippen LogP contribution is -2.33. The number of primary amides is 1. The molecule has 0 aliphatic carbocycles. The van der Waals surface area contributed by atoms with Gasteiger partial charge in [-0.15, -0.1) is 0 Å². The molecule has 148 valence electrons. The molecule has 1 rings (SSSR count). The number of unbranched alkanes of at least 4 members (excludes halogenated alkanes) is 10. The molecule has 0 saturated heterocycles. The van der Waals surface area contributed by atoms with E-state index in [-0.39, 0.29) is 11.9 Å². The fourth-order valence-electron chi connectivity index (χ4n) is 3.43. The Hall–Kier alpha value is -1.35. The number of nitrogens with one attached hydrogen (secondary N) is 1. The van der Waals surface area contributed by atoms with E-state index < -0.39 is 0 Å². The van der Waals surface area contributed by atoms with Gasteiger partial charge in [-0.1, -0.05) is 108 Å². The SMILES string of the molecule is CCCCCCCCCCCCC[C@@H](CC(N)=O)NCc1ccccc1. The van der Waals surface area contributed by atoms with Crippen LogP contribution < -0.4 is 11.1 Å². The van der Waals surface area contributed by atoms with E-state index in [1.807, 2.05) is 18.2 Å². The molecule has 1 aromatic carbocycles. The van der Waals surface area contributed by atoms with Crippen molar-refractivity contribution in [1.29, 1.82) is 0 Å². The number of hydrogen-bond acceptors (Lipinski definition) is 2. The second-order valence-corrected chi connectivity index (χ2v) is 7.56. The summed E-state index contributed by atoms with van der Waals surface area (Å²) < 4.78 is 0. The third kappa shape index (κ3) is 12.9. The minimum atomic E-state index is -0.210. The zero-order valence-electron chi connectivity index (χ0n) is 16.8. The molecule has 3 heteroatoms. The Morgan fingerprint density at radius 2 is 1.42 bits per heavy atom. The standard InChI is InChI=1S/C23H40N2O/c1-2-3-4-5-6-7-8-9-10-11-15-18-22(19-23(24)26)25-20-21-16-13-12-14-17-21/h12-14,16-17,22,25H,2-11,15,18-20H2,1H3,(H2,24,26)/t22-/m0/s1. The van der Waals surface area contributed by atoms with Gasteiger partial charge in [0, 0.05) is 19.0 Å². The van der Waals surface area contributed by atoms with Crippen LogP contribution >= 0.6 is 0 Å². The minimum absolute atomic E-state index is 0.200. The van der Waals surface area contributed by atoms with Crippen LogP contribution in [0.15, 0.2) is 30.3 Å².